The molecule has 2 aromatic rings. The van der Waals surface area contributed by atoms with Crippen LogP contribution < -0.4 is 0 Å². The van der Waals surface area contributed by atoms with E-state index in [4.69, 9.17) is 8.85 Å². The highest BCUT2D eigenvalue weighted by Gasteiger charge is 2.70. The number of benzene rings is 2. The van der Waals surface area contributed by atoms with Gasteiger partial charge in [-0.3, -0.25) is 0 Å². The molecule has 0 amide bonds. The fourth-order valence-corrected chi connectivity index (χ4v) is 6.33. The molecule has 0 bridgehead atoms. The second-order valence-corrected chi connectivity index (χ2v) is 17.8. The van der Waals surface area contributed by atoms with Gasteiger partial charge in [0.05, 0.1) is 0 Å². The Balaban J connectivity index is 2.08. The van der Waals surface area contributed by atoms with Crippen LogP contribution in [-0.4, -0.2) is 22.4 Å². The van der Waals surface area contributed by atoms with Crippen molar-refractivity contribution >= 4 is 16.6 Å². The van der Waals surface area contributed by atoms with Gasteiger partial charge in [-0.15, -0.1) is 0 Å². The van der Waals surface area contributed by atoms with Gasteiger partial charge in [-0.05, 0) is 50.4 Å². The van der Waals surface area contributed by atoms with Gasteiger partial charge in [-0.25, -0.2) is 0 Å². The van der Waals surface area contributed by atoms with Crippen LogP contribution in [0.15, 0.2) is 60.7 Å². The first kappa shape index (κ1) is 18.6. The highest BCUT2D eigenvalue weighted by Crippen LogP contribution is 2.67. The molecule has 2 aromatic carbocycles. The minimum atomic E-state index is -1.78. The van der Waals surface area contributed by atoms with E-state index < -0.39 is 22.4 Å². The van der Waals surface area contributed by atoms with Gasteiger partial charge in [-0.1, -0.05) is 60.7 Å². The van der Waals surface area contributed by atoms with E-state index in [0.29, 0.717) is 0 Å². The second-order valence-electron chi connectivity index (χ2n) is 8.93. The van der Waals surface area contributed by atoms with Gasteiger partial charge in [0.2, 0.25) is 0 Å². The van der Waals surface area contributed by atoms with Crippen molar-refractivity contribution in [3.63, 3.8) is 0 Å². The van der Waals surface area contributed by atoms with Gasteiger partial charge in [0.1, 0.15) is 0 Å². The van der Waals surface area contributed by atoms with Crippen LogP contribution in [0.2, 0.25) is 39.3 Å². The van der Waals surface area contributed by atoms with Crippen molar-refractivity contribution in [3.05, 3.63) is 71.8 Å². The van der Waals surface area contributed by atoms with Crippen LogP contribution >= 0.6 is 0 Å². The highest BCUT2D eigenvalue weighted by atomic mass is 28.4. The molecule has 25 heavy (non-hydrogen) atoms. The molecule has 1 fully saturated rings. The Bertz CT molecular complexity index is 639. The summed E-state index contributed by atoms with van der Waals surface area (Å²) in [6.07, 6.45) is 0. The molecule has 3 rings (SSSR count). The van der Waals surface area contributed by atoms with Gasteiger partial charge in [-0.2, -0.15) is 0 Å². The lowest BCUT2D eigenvalue weighted by Crippen LogP contribution is -2.43. The van der Waals surface area contributed by atoms with Crippen molar-refractivity contribution in [3.8, 4) is 0 Å². The number of rotatable bonds is 6. The molecule has 0 aliphatic heterocycles. The van der Waals surface area contributed by atoms with E-state index >= 15 is 0 Å². The highest BCUT2D eigenvalue weighted by molar-refractivity contribution is 6.71. The summed E-state index contributed by atoms with van der Waals surface area (Å²) in [5.41, 5.74) is 2.63. The van der Waals surface area contributed by atoms with Crippen molar-refractivity contribution in [2.24, 2.45) is 0 Å². The summed E-state index contributed by atoms with van der Waals surface area (Å²) < 4.78 is 13.6. The number of hydrogen-bond acceptors (Lipinski definition) is 2. The molecule has 0 radical (unpaired) electrons. The summed E-state index contributed by atoms with van der Waals surface area (Å²) in [5, 5.41) is 0. The van der Waals surface area contributed by atoms with E-state index in [0.717, 1.165) is 0 Å². The molecule has 1 saturated carbocycles. The van der Waals surface area contributed by atoms with E-state index in [1.165, 1.54) is 11.1 Å². The topological polar surface area (TPSA) is 18.5 Å². The quantitative estimate of drug-likeness (QED) is 0.461. The van der Waals surface area contributed by atoms with E-state index in [-0.39, 0.29) is 11.8 Å². The normalized spacial score (nSPS) is 22.6. The fraction of sp³-hybridized carbons (Fsp3) is 0.429. The second kappa shape index (κ2) is 6.51. The van der Waals surface area contributed by atoms with E-state index in [1.54, 1.807) is 0 Å². The van der Waals surface area contributed by atoms with E-state index in [9.17, 15) is 0 Å². The Morgan fingerprint density at radius 3 is 1.20 bits per heavy atom. The Morgan fingerprint density at radius 2 is 0.920 bits per heavy atom. The first-order chi connectivity index (χ1) is 11.6. The minimum Gasteiger partial charge on any atom is -0.390 e. The average molecular weight is 371 g/mol. The summed E-state index contributed by atoms with van der Waals surface area (Å²) in [4.78, 5) is 0. The van der Waals surface area contributed by atoms with E-state index in [1.807, 2.05) is 0 Å². The molecule has 2 atom stereocenters. The summed E-state index contributed by atoms with van der Waals surface area (Å²) in [6, 6.07) is 21.5. The average Bonchev–Trinajstić information content (AvgIpc) is 3.11. The minimum absolute atomic E-state index is 0.259. The Hall–Kier alpha value is -1.21. The molecule has 2 nitrogen and oxygen atoms in total. The molecule has 1 aliphatic carbocycles. The van der Waals surface area contributed by atoms with Crippen LogP contribution in [-0.2, 0) is 8.85 Å². The lowest BCUT2D eigenvalue weighted by Gasteiger charge is -2.34. The van der Waals surface area contributed by atoms with Crippen molar-refractivity contribution in [2.45, 2.75) is 56.9 Å². The SMILES string of the molecule is C[Si](C)(C)OC1(O[Si](C)(C)C)[C@H](c2ccccc2)[C@@H]1c1ccccc1. The summed E-state index contributed by atoms with van der Waals surface area (Å²) in [6.45, 7) is 13.5. The zero-order valence-electron chi connectivity index (χ0n) is 16.2. The first-order valence-electron chi connectivity index (χ1n) is 9.13. The third-order valence-electron chi connectivity index (χ3n) is 4.34. The zero-order chi connectivity index (χ0) is 18.3. The summed E-state index contributed by atoms with van der Waals surface area (Å²) in [5.74, 6) is 0.00147. The predicted molar refractivity (Wildman–Crippen MR) is 110 cm³/mol. The lowest BCUT2D eigenvalue weighted by atomic mass is 10.0. The molecule has 1 aliphatic rings. The van der Waals surface area contributed by atoms with Crippen molar-refractivity contribution in [2.75, 3.05) is 0 Å². The van der Waals surface area contributed by atoms with Crippen molar-refractivity contribution < 1.29 is 8.85 Å². The third-order valence-corrected chi connectivity index (χ3v) is 6.20. The van der Waals surface area contributed by atoms with Gasteiger partial charge in [0.15, 0.2) is 22.4 Å². The molecule has 0 aromatic heterocycles. The Morgan fingerprint density at radius 1 is 0.600 bits per heavy atom. The van der Waals surface area contributed by atoms with Crippen LogP contribution in [0.25, 0.3) is 0 Å². The maximum absolute atomic E-state index is 6.80. The maximum atomic E-state index is 6.80. The zero-order valence-corrected chi connectivity index (χ0v) is 18.2. The Labute approximate surface area is 154 Å². The van der Waals surface area contributed by atoms with Crippen molar-refractivity contribution in [1.29, 1.82) is 0 Å². The lowest BCUT2D eigenvalue weighted by molar-refractivity contribution is -0.0457. The van der Waals surface area contributed by atoms with Crippen LogP contribution in [0, 0.1) is 0 Å². The molecular formula is C21H30O2Si2. The largest absolute Gasteiger partial charge is 0.390 e. The van der Waals surface area contributed by atoms with Crippen LogP contribution in [0.1, 0.15) is 23.0 Å². The number of hydrogen-bond donors (Lipinski definition) is 0. The van der Waals surface area contributed by atoms with Gasteiger partial charge in [0.25, 0.3) is 0 Å². The molecular weight excluding hydrogens is 340 g/mol. The standard InChI is InChI=1S/C21H30O2Si2/c1-24(2,3)22-21(23-25(4,5)6)19(17-13-9-7-10-14-17)20(21)18-15-11-8-12-16-18/h7-16,19-20H,1-6H3/t19-,20+. The van der Waals surface area contributed by atoms with Gasteiger partial charge in [0, 0.05) is 11.8 Å². The van der Waals surface area contributed by atoms with Crippen LogP contribution in [0.4, 0.5) is 0 Å². The van der Waals surface area contributed by atoms with Gasteiger partial charge < -0.3 is 8.85 Å². The van der Waals surface area contributed by atoms with Crippen molar-refractivity contribution in [1.82, 2.24) is 0 Å². The summed E-state index contributed by atoms with van der Waals surface area (Å²) >= 11 is 0. The molecule has 4 heteroatoms. The molecule has 0 unspecified atom stereocenters. The Kier molecular flexibility index (Phi) is 4.84. The first-order valence-corrected chi connectivity index (χ1v) is 15.9. The smallest absolute Gasteiger partial charge is 0.187 e. The molecule has 0 saturated heterocycles. The summed E-state index contributed by atoms with van der Waals surface area (Å²) in [7, 11) is -3.56. The molecule has 0 spiro atoms. The maximum Gasteiger partial charge on any atom is 0.187 e. The molecule has 0 heterocycles. The van der Waals surface area contributed by atoms with Crippen LogP contribution in [0.5, 0.6) is 0 Å². The monoisotopic (exact) mass is 370 g/mol. The third kappa shape index (κ3) is 4.14. The molecule has 0 N–H and O–H groups in total. The van der Waals surface area contributed by atoms with Gasteiger partial charge >= 0.3 is 0 Å². The predicted octanol–water partition coefficient (Wildman–Crippen LogP) is 5.97. The van der Waals surface area contributed by atoms with E-state index in [2.05, 4.69) is 99.9 Å². The fourth-order valence-electron chi connectivity index (χ4n) is 3.74. The molecule has 134 valence electrons. The van der Waals surface area contributed by atoms with Crippen LogP contribution in [0.3, 0.4) is 0 Å².